The molecule has 1 aromatic carbocycles. The minimum Gasteiger partial charge on any atom is -0.493 e. The van der Waals surface area contributed by atoms with E-state index in [1.165, 1.54) is 11.1 Å². The Balaban J connectivity index is 3.02. The van der Waals surface area contributed by atoms with E-state index in [-0.39, 0.29) is 0 Å². The third-order valence-corrected chi connectivity index (χ3v) is 3.01. The maximum atomic E-state index is 5.53. The van der Waals surface area contributed by atoms with Crippen molar-refractivity contribution in [3.05, 3.63) is 23.3 Å². The van der Waals surface area contributed by atoms with Gasteiger partial charge in [0.25, 0.3) is 0 Å². The first-order valence-electron chi connectivity index (χ1n) is 6.21. The van der Waals surface area contributed by atoms with Gasteiger partial charge in [0.1, 0.15) is 0 Å². The number of rotatable bonds is 7. The molecule has 0 heterocycles. The fourth-order valence-corrected chi connectivity index (χ4v) is 2.08. The molecule has 1 rings (SSSR count). The summed E-state index contributed by atoms with van der Waals surface area (Å²) in [6.45, 7) is 2.90. The van der Waals surface area contributed by atoms with Crippen molar-refractivity contribution in [3.8, 4) is 11.5 Å². The Kier molecular flexibility index (Phi) is 5.84. The van der Waals surface area contributed by atoms with Crippen LogP contribution in [0.15, 0.2) is 12.1 Å². The molecule has 0 aliphatic carbocycles. The van der Waals surface area contributed by atoms with Gasteiger partial charge in [-0.2, -0.15) is 0 Å². The van der Waals surface area contributed by atoms with Crippen LogP contribution in [0.4, 0.5) is 0 Å². The molecule has 0 saturated carbocycles. The van der Waals surface area contributed by atoms with Crippen molar-refractivity contribution in [1.82, 2.24) is 0 Å². The average Bonchev–Trinajstić information content (AvgIpc) is 2.38. The predicted octanol–water partition coefficient (Wildman–Crippen LogP) is 2.55. The molecule has 0 spiro atoms. The smallest absolute Gasteiger partial charge is 0.164 e. The lowest BCUT2D eigenvalue weighted by atomic mass is 9.98. The van der Waals surface area contributed by atoms with Gasteiger partial charge in [-0.1, -0.05) is 13.0 Å². The zero-order valence-corrected chi connectivity index (χ0v) is 11.1. The van der Waals surface area contributed by atoms with Crippen molar-refractivity contribution < 1.29 is 9.47 Å². The van der Waals surface area contributed by atoms with Crippen molar-refractivity contribution in [2.45, 2.75) is 32.6 Å². The minimum atomic E-state index is 0.744. The molecule has 96 valence electrons. The molecule has 0 atom stereocenters. The molecule has 0 radical (unpaired) electrons. The predicted molar refractivity (Wildman–Crippen MR) is 70.9 cm³/mol. The lowest BCUT2D eigenvalue weighted by molar-refractivity contribution is 0.350. The number of unbranched alkanes of at least 4 members (excludes halogenated alkanes) is 1. The molecular weight excluding hydrogens is 214 g/mol. The molecule has 0 unspecified atom stereocenters. The molecule has 17 heavy (non-hydrogen) atoms. The molecule has 0 bridgehead atoms. The summed E-state index contributed by atoms with van der Waals surface area (Å²) < 4.78 is 10.8. The van der Waals surface area contributed by atoms with Gasteiger partial charge in [0, 0.05) is 5.56 Å². The number of aryl methyl sites for hydroxylation is 1. The summed E-state index contributed by atoms with van der Waals surface area (Å²) in [5.74, 6) is 1.69. The number of ether oxygens (including phenoxy) is 2. The van der Waals surface area contributed by atoms with Crippen LogP contribution >= 0.6 is 0 Å². The molecule has 0 aromatic heterocycles. The van der Waals surface area contributed by atoms with Gasteiger partial charge in [0.2, 0.25) is 0 Å². The largest absolute Gasteiger partial charge is 0.493 e. The van der Waals surface area contributed by atoms with Crippen molar-refractivity contribution >= 4 is 0 Å². The Morgan fingerprint density at radius 1 is 1.12 bits per heavy atom. The van der Waals surface area contributed by atoms with Gasteiger partial charge in [-0.15, -0.1) is 0 Å². The average molecular weight is 237 g/mol. The summed E-state index contributed by atoms with van der Waals surface area (Å²) in [7, 11) is 3.37. The lowest BCUT2D eigenvalue weighted by Crippen LogP contribution is -2.03. The van der Waals surface area contributed by atoms with E-state index in [0.29, 0.717) is 0 Å². The SMILES string of the molecule is CCc1ccc(OC)c(OC)c1CCCCN. The molecule has 0 aliphatic heterocycles. The van der Waals surface area contributed by atoms with Crippen LogP contribution in [0.25, 0.3) is 0 Å². The van der Waals surface area contributed by atoms with Crippen molar-refractivity contribution in [1.29, 1.82) is 0 Å². The number of benzene rings is 1. The summed E-state index contributed by atoms with van der Waals surface area (Å²) >= 11 is 0. The van der Waals surface area contributed by atoms with Gasteiger partial charge >= 0.3 is 0 Å². The first-order chi connectivity index (χ1) is 8.28. The molecule has 3 heteroatoms. The van der Waals surface area contributed by atoms with Crippen LogP contribution in [-0.2, 0) is 12.8 Å². The molecule has 0 aliphatic rings. The highest BCUT2D eigenvalue weighted by atomic mass is 16.5. The Hall–Kier alpha value is -1.22. The second-order valence-electron chi connectivity index (χ2n) is 4.04. The van der Waals surface area contributed by atoms with E-state index in [1.54, 1.807) is 14.2 Å². The summed E-state index contributed by atoms with van der Waals surface area (Å²) in [6, 6.07) is 4.10. The molecule has 1 aromatic rings. The monoisotopic (exact) mass is 237 g/mol. The van der Waals surface area contributed by atoms with Gasteiger partial charge in [-0.05, 0) is 43.9 Å². The molecule has 0 fully saturated rings. The van der Waals surface area contributed by atoms with Crippen LogP contribution in [0.1, 0.15) is 30.9 Å². The van der Waals surface area contributed by atoms with Gasteiger partial charge in [-0.3, -0.25) is 0 Å². The van der Waals surface area contributed by atoms with E-state index in [1.807, 2.05) is 6.07 Å². The second kappa shape index (κ2) is 7.17. The Bertz CT molecular complexity index is 350. The standard InChI is InChI=1S/C14H23NO2/c1-4-11-8-9-13(16-2)14(17-3)12(11)7-5-6-10-15/h8-9H,4-7,10,15H2,1-3H3. The zero-order chi connectivity index (χ0) is 12.7. The Morgan fingerprint density at radius 2 is 1.88 bits per heavy atom. The van der Waals surface area contributed by atoms with Crippen LogP contribution in [-0.4, -0.2) is 20.8 Å². The second-order valence-corrected chi connectivity index (χ2v) is 4.04. The number of hydrogen-bond donors (Lipinski definition) is 1. The summed E-state index contributed by atoms with van der Waals surface area (Å²) in [6.07, 6.45) is 4.15. The first kappa shape index (κ1) is 13.8. The normalized spacial score (nSPS) is 10.4. The summed E-state index contributed by atoms with van der Waals surface area (Å²) in [5.41, 5.74) is 8.13. The van der Waals surface area contributed by atoms with Crippen LogP contribution in [0, 0.1) is 0 Å². The topological polar surface area (TPSA) is 44.5 Å². The first-order valence-corrected chi connectivity index (χ1v) is 6.21. The van der Waals surface area contributed by atoms with Crippen LogP contribution in [0.5, 0.6) is 11.5 Å². The lowest BCUT2D eigenvalue weighted by Gasteiger charge is -2.16. The maximum Gasteiger partial charge on any atom is 0.164 e. The van der Waals surface area contributed by atoms with E-state index in [2.05, 4.69) is 13.0 Å². The third kappa shape index (κ3) is 3.37. The zero-order valence-electron chi connectivity index (χ0n) is 11.1. The molecule has 0 amide bonds. The van der Waals surface area contributed by atoms with Gasteiger partial charge in [0.15, 0.2) is 11.5 Å². The number of nitrogens with two attached hydrogens (primary N) is 1. The minimum absolute atomic E-state index is 0.744. The number of hydrogen-bond acceptors (Lipinski definition) is 3. The van der Waals surface area contributed by atoms with Gasteiger partial charge < -0.3 is 15.2 Å². The molecule has 2 N–H and O–H groups in total. The summed E-state index contributed by atoms with van der Waals surface area (Å²) in [5, 5.41) is 0. The molecule has 0 saturated heterocycles. The van der Waals surface area contributed by atoms with Crippen LogP contribution < -0.4 is 15.2 Å². The summed E-state index contributed by atoms with van der Waals surface area (Å²) in [4.78, 5) is 0. The fraction of sp³-hybridized carbons (Fsp3) is 0.571. The maximum absolute atomic E-state index is 5.53. The molecule has 3 nitrogen and oxygen atoms in total. The van der Waals surface area contributed by atoms with E-state index < -0.39 is 0 Å². The number of methoxy groups -OCH3 is 2. The molecular formula is C14H23NO2. The Morgan fingerprint density at radius 3 is 2.41 bits per heavy atom. The van der Waals surface area contributed by atoms with E-state index >= 15 is 0 Å². The van der Waals surface area contributed by atoms with Gasteiger partial charge in [0.05, 0.1) is 14.2 Å². The highest BCUT2D eigenvalue weighted by molar-refractivity contribution is 5.51. The highest BCUT2D eigenvalue weighted by Crippen LogP contribution is 2.34. The fourth-order valence-electron chi connectivity index (χ4n) is 2.08. The Labute approximate surface area is 104 Å². The highest BCUT2D eigenvalue weighted by Gasteiger charge is 2.13. The van der Waals surface area contributed by atoms with E-state index in [0.717, 1.165) is 43.7 Å². The van der Waals surface area contributed by atoms with E-state index in [4.69, 9.17) is 15.2 Å². The van der Waals surface area contributed by atoms with Gasteiger partial charge in [-0.25, -0.2) is 0 Å². The third-order valence-electron chi connectivity index (χ3n) is 3.01. The van der Waals surface area contributed by atoms with Crippen molar-refractivity contribution in [2.75, 3.05) is 20.8 Å². The van der Waals surface area contributed by atoms with Crippen molar-refractivity contribution in [2.24, 2.45) is 5.73 Å². The van der Waals surface area contributed by atoms with Crippen LogP contribution in [0.2, 0.25) is 0 Å². The quantitative estimate of drug-likeness (QED) is 0.741. The van der Waals surface area contributed by atoms with Crippen molar-refractivity contribution in [3.63, 3.8) is 0 Å². The van der Waals surface area contributed by atoms with Crippen LogP contribution in [0.3, 0.4) is 0 Å². The van der Waals surface area contributed by atoms with E-state index in [9.17, 15) is 0 Å².